The number of hydrogen-bond donors (Lipinski definition) is 0. The summed E-state index contributed by atoms with van der Waals surface area (Å²) in [5.74, 6) is -0.0650. The maximum atomic E-state index is 12.2. The van der Waals surface area contributed by atoms with E-state index in [4.69, 9.17) is 16.3 Å². The van der Waals surface area contributed by atoms with E-state index < -0.39 is 0 Å². The molecule has 1 aromatic rings. The first-order valence-electron chi connectivity index (χ1n) is 5.64. The van der Waals surface area contributed by atoms with E-state index >= 15 is 0 Å². The molecule has 1 aliphatic rings. The predicted molar refractivity (Wildman–Crippen MR) is 65.2 cm³/mol. The van der Waals surface area contributed by atoms with Crippen molar-refractivity contribution >= 4 is 17.5 Å². The zero-order valence-corrected chi connectivity index (χ0v) is 10.5. The maximum Gasteiger partial charge on any atom is 0.257 e. The molecule has 1 amide bonds. The lowest BCUT2D eigenvalue weighted by Gasteiger charge is -2.32. The van der Waals surface area contributed by atoms with Crippen LogP contribution in [0.15, 0.2) is 18.5 Å². The van der Waals surface area contributed by atoms with Gasteiger partial charge in [-0.1, -0.05) is 11.6 Å². The summed E-state index contributed by atoms with van der Waals surface area (Å²) in [6, 6.07) is 1.63. The normalized spacial score (nSPS) is 20.4. The van der Waals surface area contributed by atoms with Crippen LogP contribution in [0.25, 0.3) is 0 Å². The topological polar surface area (TPSA) is 42.4 Å². The molecule has 2 heterocycles. The minimum absolute atomic E-state index is 0.0650. The SMILES string of the molecule is COC1CCCN(C(=O)c2cnccc2Cl)C1. The molecule has 4 nitrogen and oxygen atoms in total. The van der Waals surface area contributed by atoms with Crippen molar-refractivity contribution < 1.29 is 9.53 Å². The summed E-state index contributed by atoms with van der Waals surface area (Å²) in [4.78, 5) is 17.9. The third kappa shape index (κ3) is 2.76. The Morgan fingerprint density at radius 3 is 3.18 bits per heavy atom. The molecule has 2 rings (SSSR count). The molecule has 1 aromatic heterocycles. The first-order valence-corrected chi connectivity index (χ1v) is 6.01. The summed E-state index contributed by atoms with van der Waals surface area (Å²) in [7, 11) is 1.68. The number of halogens is 1. The molecule has 0 bridgehead atoms. The second-order valence-electron chi connectivity index (χ2n) is 4.11. The lowest BCUT2D eigenvalue weighted by Crippen LogP contribution is -2.43. The number of pyridine rings is 1. The van der Waals surface area contributed by atoms with Crippen molar-refractivity contribution in [1.82, 2.24) is 9.88 Å². The number of methoxy groups -OCH3 is 1. The van der Waals surface area contributed by atoms with E-state index in [0.717, 1.165) is 19.4 Å². The van der Waals surface area contributed by atoms with Gasteiger partial charge in [0.25, 0.3) is 5.91 Å². The molecule has 0 saturated carbocycles. The monoisotopic (exact) mass is 254 g/mol. The molecule has 0 N–H and O–H groups in total. The fourth-order valence-electron chi connectivity index (χ4n) is 2.02. The van der Waals surface area contributed by atoms with E-state index in [0.29, 0.717) is 17.1 Å². The van der Waals surface area contributed by atoms with E-state index in [1.807, 2.05) is 0 Å². The Hall–Kier alpha value is -1.13. The van der Waals surface area contributed by atoms with Crippen LogP contribution in [0.1, 0.15) is 23.2 Å². The fraction of sp³-hybridized carbons (Fsp3) is 0.500. The molecule has 0 spiro atoms. The highest BCUT2D eigenvalue weighted by Crippen LogP contribution is 2.19. The molecule has 0 radical (unpaired) electrons. The second kappa shape index (κ2) is 5.47. The minimum atomic E-state index is -0.0650. The number of amides is 1. The Morgan fingerprint density at radius 2 is 2.47 bits per heavy atom. The van der Waals surface area contributed by atoms with Gasteiger partial charge in [-0.3, -0.25) is 9.78 Å². The summed E-state index contributed by atoms with van der Waals surface area (Å²) in [5.41, 5.74) is 0.464. The van der Waals surface area contributed by atoms with Crippen LogP contribution in [0.2, 0.25) is 5.02 Å². The number of ether oxygens (including phenoxy) is 1. The third-order valence-corrected chi connectivity index (χ3v) is 3.33. The lowest BCUT2D eigenvalue weighted by atomic mass is 10.1. The number of carbonyl (C=O) groups is 1. The summed E-state index contributed by atoms with van der Waals surface area (Å²) < 4.78 is 5.30. The molecule has 1 aliphatic heterocycles. The number of piperidine rings is 1. The number of likely N-dealkylation sites (tertiary alicyclic amines) is 1. The van der Waals surface area contributed by atoms with Gasteiger partial charge in [0.05, 0.1) is 16.7 Å². The quantitative estimate of drug-likeness (QED) is 0.811. The van der Waals surface area contributed by atoms with Gasteiger partial charge in [-0.2, -0.15) is 0 Å². The number of carbonyl (C=O) groups excluding carboxylic acids is 1. The van der Waals surface area contributed by atoms with Crippen LogP contribution in [0, 0.1) is 0 Å². The van der Waals surface area contributed by atoms with E-state index in [2.05, 4.69) is 4.98 Å². The highest BCUT2D eigenvalue weighted by atomic mass is 35.5. The average Bonchev–Trinajstić information content (AvgIpc) is 2.38. The Balaban J connectivity index is 2.12. The molecular formula is C12H15ClN2O2. The van der Waals surface area contributed by atoms with Crippen molar-refractivity contribution in [2.24, 2.45) is 0 Å². The van der Waals surface area contributed by atoms with Gasteiger partial charge in [0.2, 0.25) is 0 Å². The first-order chi connectivity index (χ1) is 8.22. The first kappa shape index (κ1) is 12.3. The number of rotatable bonds is 2. The predicted octanol–water partition coefficient (Wildman–Crippen LogP) is 1.99. The highest BCUT2D eigenvalue weighted by molar-refractivity contribution is 6.33. The molecule has 0 aromatic carbocycles. The van der Waals surface area contributed by atoms with Crippen LogP contribution in [0.3, 0.4) is 0 Å². The zero-order chi connectivity index (χ0) is 12.3. The van der Waals surface area contributed by atoms with Gasteiger partial charge in [0, 0.05) is 32.6 Å². The number of nitrogens with zero attached hydrogens (tertiary/aromatic N) is 2. The average molecular weight is 255 g/mol. The summed E-state index contributed by atoms with van der Waals surface area (Å²) in [5, 5.41) is 0.449. The Morgan fingerprint density at radius 1 is 1.65 bits per heavy atom. The minimum Gasteiger partial charge on any atom is -0.380 e. The van der Waals surface area contributed by atoms with Gasteiger partial charge in [0.1, 0.15) is 0 Å². The van der Waals surface area contributed by atoms with Gasteiger partial charge in [0.15, 0.2) is 0 Å². The Labute approximate surface area is 106 Å². The van der Waals surface area contributed by atoms with Crippen LogP contribution >= 0.6 is 11.6 Å². The van der Waals surface area contributed by atoms with Crippen molar-refractivity contribution in [3.8, 4) is 0 Å². The molecular weight excluding hydrogens is 240 g/mol. The maximum absolute atomic E-state index is 12.2. The molecule has 0 aliphatic carbocycles. The van der Waals surface area contributed by atoms with Crippen LogP contribution in [0.5, 0.6) is 0 Å². The Bertz CT molecular complexity index is 411. The standard InChI is InChI=1S/C12H15ClN2O2/c1-17-9-3-2-6-15(8-9)12(16)10-7-14-5-4-11(10)13/h4-5,7,9H,2-3,6,8H2,1H3. The molecule has 17 heavy (non-hydrogen) atoms. The second-order valence-corrected chi connectivity index (χ2v) is 4.51. The van der Waals surface area contributed by atoms with E-state index in [1.165, 1.54) is 6.20 Å². The molecule has 5 heteroatoms. The van der Waals surface area contributed by atoms with Crippen LogP contribution in [-0.4, -0.2) is 42.1 Å². The smallest absolute Gasteiger partial charge is 0.257 e. The molecule has 92 valence electrons. The van der Waals surface area contributed by atoms with Crippen molar-refractivity contribution in [3.05, 3.63) is 29.0 Å². The van der Waals surface area contributed by atoms with Gasteiger partial charge in [-0.15, -0.1) is 0 Å². The summed E-state index contributed by atoms with van der Waals surface area (Å²) in [6.07, 6.45) is 5.18. The van der Waals surface area contributed by atoms with Crippen molar-refractivity contribution in [1.29, 1.82) is 0 Å². The van der Waals surface area contributed by atoms with Gasteiger partial charge >= 0.3 is 0 Å². The molecule has 1 unspecified atom stereocenters. The third-order valence-electron chi connectivity index (χ3n) is 3.00. The van der Waals surface area contributed by atoms with Crippen molar-refractivity contribution in [3.63, 3.8) is 0 Å². The van der Waals surface area contributed by atoms with E-state index in [1.54, 1.807) is 24.3 Å². The van der Waals surface area contributed by atoms with Gasteiger partial charge in [-0.25, -0.2) is 0 Å². The summed E-state index contributed by atoms with van der Waals surface area (Å²) >= 11 is 5.99. The van der Waals surface area contributed by atoms with E-state index in [9.17, 15) is 4.79 Å². The lowest BCUT2D eigenvalue weighted by molar-refractivity contribution is 0.0269. The largest absolute Gasteiger partial charge is 0.380 e. The van der Waals surface area contributed by atoms with Crippen LogP contribution in [-0.2, 0) is 4.74 Å². The van der Waals surface area contributed by atoms with Gasteiger partial charge < -0.3 is 9.64 Å². The van der Waals surface area contributed by atoms with Crippen molar-refractivity contribution in [2.45, 2.75) is 18.9 Å². The van der Waals surface area contributed by atoms with Crippen molar-refractivity contribution in [2.75, 3.05) is 20.2 Å². The van der Waals surface area contributed by atoms with E-state index in [-0.39, 0.29) is 12.0 Å². The van der Waals surface area contributed by atoms with Gasteiger partial charge in [-0.05, 0) is 18.9 Å². The van der Waals surface area contributed by atoms with Crippen LogP contribution in [0.4, 0.5) is 0 Å². The fourth-order valence-corrected chi connectivity index (χ4v) is 2.21. The molecule has 1 atom stereocenters. The van der Waals surface area contributed by atoms with Crippen LogP contribution < -0.4 is 0 Å². The summed E-state index contributed by atoms with van der Waals surface area (Å²) in [6.45, 7) is 1.38. The molecule has 1 fully saturated rings. The zero-order valence-electron chi connectivity index (χ0n) is 9.73. The molecule has 1 saturated heterocycles. The highest BCUT2D eigenvalue weighted by Gasteiger charge is 2.25. The number of hydrogen-bond acceptors (Lipinski definition) is 3. The number of aromatic nitrogens is 1. The Kier molecular flexibility index (Phi) is 3.97.